The molecule has 0 aliphatic heterocycles. The number of hydrogen-bond donors (Lipinski definition) is 3. The lowest BCUT2D eigenvalue weighted by atomic mass is 10.2. The Kier molecular flexibility index (Phi) is 5.93. The van der Waals surface area contributed by atoms with Crippen molar-refractivity contribution in [3.8, 4) is 5.75 Å². The molecule has 0 aliphatic rings. The number of para-hydroxylation sites is 1. The molecule has 1 rings (SSSR count). The van der Waals surface area contributed by atoms with Crippen molar-refractivity contribution in [3.63, 3.8) is 0 Å². The Labute approximate surface area is 78.3 Å². The Morgan fingerprint density at radius 2 is 1.69 bits per heavy atom. The molecule has 3 N–H and O–H groups in total. The van der Waals surface area contributed by atoms with Gasteiger partial charge in [0.15, 0.2) is 6.29 Å². The molecule has 0 unspecified atom stereocenters. The minimum atomic E-state index is -1.12. The third-order valence-electron chi connectivity index (χ3n) is 1.48. The third kappa shape index (κ3) is 6.13. The van der Waals surface area contributed by atoms with Gasteiger partial charge in [0.05, 0.1) is 0 Å². The molecule has 0 atom stereocenters. The standard InChI is InChI=1S/C7H8O.C3H8O2/c1-6-4-2-3-5-7(6)8;1-2-3(4)5/h2-5,8H,1H3;3-5H,2H2,1H3. The van der Waals surface area contributed by atoms with Crippen LogP contribution in [0.3, 0.4) is 0 Å². The first-order valence-corrected chi connectivity index (χ1v) is 4.18. The smallest absolute Gasteiger partial charge is 0.151 e. The van der Waals surface area contributed by atoms with Gasteiger partial charge in [-0.3, -0.25) is 0 Å². The lowest BCUT2D eigenvalue weighted by Gasteiger charge is -1.92. The number of phenols is 1. The minimum Gasteiger partial charge on any atom is -0.508 e. The summed E-state index contributed by atoms with van der Waals surface area (Å²) < 4.78 is 0. The van der Waals surface area contributed by atoms with E-state index in [0.717, 1.165) is 5.56 Å². The molecule has 74 valence electrons. The van der Waals surface area contributed by atoms with Crippen LogP contribution in [0.25, 0.3) is 0 Å². The summed E-state index contributed by atoms with van der Waals surface area (Å²) in [4.78, 5) is 0. The second-order valence-electron chi connectivity index (χ2n) is 2.68. The average molecular weight is 184 g/mol. The van der Waals surface area contributed by atoms with Crippen LogP contribution in [0, 0.1) is 6.92 Å². The zero-order chi connectivity index (χ0) is 10.3. The van der Waals surface area contributed by atoms with Crippen LogP contribution < -0.4 is 0 Å². The number of aliphatic hydroxyl groups excluding tert-OH is 1. The lowest BCUT2D eigenvalue weighted by Crippen LogP contribution is -1.99. The third-order valence-corrected chi connectivity index (χ3v) is 1.48. The molecule has 0 radical (unpaired) electrons. The van der Waals surface area contributed by atoms with Crippen molar-refractivity contribution < 1.29 is 15.3 Å². The second-order valence-corrected chi connectivity index (χ2v) is 2.68. The molecule has 0 aliphatic carbocycles. The summed E-state index contributed by atoms with van der Waals surface area (Å²) in [5.41, 5.74) is 0.924. The van der Waals surface area contributed by atoms with E-state index in [1.54, 1.807) is 13.0 Å². The summed E-state index contributed by atoms with van der Waals surface area (Å²) in [7, 11) is 0. The highest BCUT2D eigenvalue weighted by Gasteiger charge is 1.87. The molecule has 0 heterocycles. The Morgan fingerprint density at radius 3 is 1.92 bits per heavy atom. The topological polar surface area (TPSA) is 60.7 Å². The number of phenolic OH excluding ortho intramolecular Hbond substituents is 1. The van der Waals surface area contributed by atoms with Crippen molar-refractivity contribution in [1.82, 2.24) is 0 Å². The molecule has 1 aromatic carbocycles. The molecule has 3 nitrogen and oxygen atoms in total. The number of rotatable bonds is 1. The van der Waals surface area contributed by atoms with Crippen LogP contribution >= 0.6 is 0 Å². The van der Waals surface area contributed by atoms with E-state index in [0.29, 0.717) is 12.2 Å². The summed E-state index contributed by atoms with van der Waals surface area (Å²) in [6.07, 6.45) is -0.699. The SMILES string of the molecule is CCC(O)O.Cc1ccccc1O. The summed E-state index contributed by atoms with van der Waals surface area (Å²) in [5, 5.41) is 24.8. The van der Waals surface area contributed by atoms with Gasteiger partial charge in [0.25, 0.3) is 0 Å². The summed E-state index contributed by atoms with van der Waals surface area (Å²) >= 11 is 0. The van der Waals surface area contributed by atoms with Gasteiger partial charge in [0.1, 0.15) is 5.75 Å². The maximum Gasteiger partial charge on any atom is 0.151 e. The number of aromatic hydroxyl groups is 1. The molecule has 0 amide bonds. The molecule has 0 bridgehead atoms. The highest BCUT2D eigenvalue weighted by molar-refractivity contribution is 5.29. The average Bonchev–Trinajstić information content (AvgIpc) is 2.11. The van der Waals surface area contributed by atoms with E-state index >= 15 is 0 Å². The quantitative estimate of drug-likeness (QED) is 0.578. The molecule has 1 aromatic rings. The van der Waals surface area contributed by atoms with Crippen molar-refractivity contribution in [2.75, 3.05) is 0 Å². The van der Waals surface area contributed by atoms with Crippen molar-refractivity contribution >= 4 is 0 Å². The molecule has 3 heteroatoms. The number of hydrogen-bond acceptors (Lipinski definition) is 3. The lowest BCUT2D eigenvalue weighted by molar-refractivity contribution is -0.0413. The summed E-state index contributed by atoms with van der Waals surface area (Å²) in [5.74, 6) is 0.368. The molecule has 13 heavy (non-hydrogen) atoms. The van der Waals surface area contributed by atoms with Gasteiger partial charge in [-0.05, 0) is 25.0 Å². The molecule has 0 fully saturated rings. The van der Waals surface area contributed by atoms with Gasteiger partial charge in [-0.2, -0.15) is 0 Å². The normalized spacial score (nSPS) is 9.31. The van der Waals surface area contributed by atoms with E-state index in [1.165, 1.54) is 0 Å². The van der Waals surface area contributed by atoms with Gasteiger partial charge in [-0.25, -0.2) is 0 Å². The van der Waals surface area contributed by atoms with E-state index in [2.05, 4.69) is 0 Å². The Bertz CT molecular complexity index is 212. The highest BCUT2D eigenvalue weighted by atomic mass is 16.5. The van der Waals surface area contributed by atoms with Crippen molar-refractivity contribution in [2.24, 2.45) is 0 Å². The summed E-state index contributed by atoms with van der Waals surface area (Å²) in [6.45, 7) is 3.57. The highest BCUT2D eigenvalue weighted by Crippen LogP contribution is 2.12. The fourth-order valence-corrected chi connectivity index (χ4v) is 0.563. The van der Waals surface area contributed by atoms with Crippen molar-refractivity contribution in [1.29, 1.82) is 0 Å². The van der Waals surface area contributed by atoms with Crippen LogP contribution in [0.4, 0.5) is 0 Å². The fraction of sp³-hybridized carbons (Fsp3) is 0.400. The first kappa shape index (κ1) is 11.9. The predicted octanol–water partition coefficient (Wildman–Crippen LogP) is 1.41. The van der Waals surface area contributed by atoms with Crippen LogP contribution in [0.5, 0.6) is 5.75 Å². The van der Waals surface area contributed by atoms with Gasteiger partial charge in [-0.15, -0.1) is 0 Å². The fourth-order valence-electron chi connectivity index (χ4n) is 0.563. The van der Waals surface area contributed by atoms with Gasteiger partial charge >= 0.3 is 0 Å². The number of benzene rings is 1. The monoisotopic (exact) mass is 184 g/mol. The van der Waals surface area contributed by atoms with Crippen molar-refractivity contribution in [3.05, 3.63) is 29.8 Å². The second kappa shape index (κ2) is 6.46. The van der Waals surface area contributed by atoms with E-state index in [1.807, 2.05) is 25.1 Å². The van der Waals surface area contributed by atoms with E-state index < -0.39 is 6.29 Å². The molecular formula is C10H16O3. The largest absolute Gasteiger partial charge is 0.508 e. The van der Waals surface area contributed by atoms with Gasteiger partial charge < -0.3 is 15.3 Å². The van der Waals surface area contributed by atoms with Gasteiger partial charge in [0.2, 0.25) is 0 Å². The molecule has 0 spiro atoms. The van der Waals surface area contributed by atoms with Gasteiger partial charge in [-0.1, -0.05) is 25.1 Å². The Balaban J connectivity index is 0.000000252. The maximum atomic E-state index is 8.92. The maximum absolute atomic E-state index is 8.92. The van der Waals surface area contributed by atoms with E-state index in [-0.39, 0.29) is 0 Å². The van der Waals surface area contributed by atoms with E-state index in [4.69, 9.17) is 15.3 Å². The Morgan fingerprint density at radius 1 is 1.23 bits per heavy atom. The zero-order valence-electron chi connectivity index (χ0n) is 7.94. The van der Waals surface area contributed by atoms with Crippen LogP contribution in [0.15, 0.2) is 24.3 Å². The van der Waals surface area contributed by atoms with Crippen LogP contribution in [0.1, 0.15) is 18.9 Å². The van der Waals surface area contributed by atoms with Gasteiger partial charge in [0, 0.05) is 0 Å². The summed E-state index contributed by atoms with van der Waals surface area (Å²) in [6, 6.07) is 7.25. The number of aliphatic hydroxyl groups is 2. The predicted molar refractivity (Wildman–Crippen MR) is 51.4 cm³/mol. The molecule has 0 aromatic heterocycles. The van der Waals surface area contributed by atoms with Crippen molar-refractivity contribution in [2.45, 2.75) is 26.6 Å². The molecule has 0 saturated carbocycles. The minimum absolute atomic E-state index is 0.368. The molecule has 0 saturated heterocycles. The Hall–Kier alpha value is -1.06. The molecular weight excluding hydrogens is 168 g/mol. The van der Waals surface area contributed by atoms with E-state index in [9.17, 15) is 0 Å². The van der Waals surface area contributed by atoms with Crippen LogP contribution in [-0.2, 0) is 0 Å². The van der Waals surface area contributed by atoms with Crippen LogP contribution in [0.2, 0.25) is 0 Å². The van der Waals surface area contributed by atoms with Crippen LogP contribution in [-0.4, -0.2) is 21.6 Å². The first-order chi connectivity index (χ1) is 6.07. The zero-order valence-corrected chi connectivity index (χ0v) is 7.94. The first-order valence-electron chi connectivity index (χ1n) is 4.18. The number of aryl methyl sites for hydroxylation is 1.